The Hall–Kier alpha value is -3.35. The molecule has 3 aromatic rings. The van der Waals surface area contributed by atoms with E-state index in [0.29, 0.717) is 30.1 Å². The maximum atomic E-state index is 12.9. The van der Waals surface area contributed by atoms with E-state index in [-0.39, 0.29) is 11.3 Å². The van der Waals surface area contributed by atoms with Gasteiger partial charge in [-0.25, -0.2) is 14.5 Å². The summed E-state index contributed by atoms with van der Waals surface area (Å²) in [6.45, 7) is 2.85. The van der Waals surface area contributed by atoms with Crippen molar-refractivity contribution in [1.29, 1.82) is 0 Å². The quantitative estimate of drug-likeness (QED) is 0.397. The molecule has 1 aliphatic rings. The second kappa shape index (κ2) is 11.2. The van der Waals surface area contributed by atoms with Gasteiger partial charge in [-0.15, -0.1) is 5.10 Å². The third kappa shape index (κ3) is 5.76. The number of carboxylic acid groups (broad SMARTS) is 1. The van der Waals surface area contributed by atoms with Gasteiger partial charge in [0.1, 0.15) is 5.82 Å². The average Bonchev–Trinajstić information content (AvgIpc) is 3.26. The minimum atomic E-state index is -0.964. The molecular formula is C27H32N4O3. The van der Waals surface area contributed by atoms with Crippen LogP contribution in [-0.4, -0.2) is 36.6 Å². The standard InChI is InChI=1S/C27H32N4O3/c1-2-3-15-31-25(29-26(30-31)24(32)16-19-9-5-4-6-10-19)17-21-14-13-20(18-28-21)22-11-7-8-12-23(22)27(33)34/h7-8,11-14,18-19H,2-6,9-10,15-17H2,1H3,(H,33,34). The molecular weight excluding hydrogens is 428 g/mol. The highest BCUT2D eigenvalue weighted by atomic mass is 16.4. The Bertz CT molecular complexity index is 1130. The van der Waals surface area contributed by atoms with E-state index < -0.39 is 5.97 Å². The number of benzene rings is 1. The van der Waals surface area contributed by atoms with Crippen LogP contribution in [0.15, 0.2) is 42.6 Å². The van der Waals surface area contributed by atoms with Crippen molar-refractivity contribution < 1.29 is 14.7 Å². The summed E-state index contributed by atoms with van der Waals surface area (Å²) in [7, 11) is 0. The highest BCUT2D eigenvalue weighted by molar-refractivity contribution is 5.95. The van der Waals surface area contributed by atoms with Gasteiger partial charge in [-0.1, -0.05) is 69.7 Å². The average molecular weight is 461 g/mol. The maximum absolute atomic E-state index is 12.9. The lowest BCUT2D eigenvalue weighted by Crippen LogP contribution is -2.13. The van der Waals surface area contributed by atoms with Crippen molar-refractivity contribution >= 4 is 11.8 Å². The number of nitrogens with zero attached hydrogens (tertiary/aromatic N) is 4. The maximum Gasteiger partial charge on any atom is 0.336 e. The molecule has 0 amide bonds. The summed E-state index contributed by atoms with van der Waals surface area (Å²) in [4.78, 5) is 33.6. The fraction of sp³-hybridized carbons (Fsp3) is 0.444. The molecule has 0 unspecified atom stereocenters. The van der Waals surface area contributed by atoms with Crippen molar-refractivity contribution in [3.63, 3.8) is 0 Å². The molecule has 0 spiro atoms. The second-order valence-electron chi connectivity index (χ2n) is 9.13. The first-order valence-corrected chi connectivity index (χ1v) is 12.3. The first-order chi connectivity index (χ1) is 16.5. The van der Waals surface area contributed by atoms with Crippen LogP contribution in [0.25, 0.3) is 11.1 Å². The smallest absolute Gasteiger partial charge is 0.336 e. The molecule has 2 aromatic heterocycles. The van der Waals surface area contributed by atoms with E-state index in [1.807, 2.05) is 22.9 Å². The number of hydrogen-bond acceptors (Lipinski definition) is 5. The highest BCUT2D eigenvalue weighted by Crippen LogP contribution is 2.27. The molecule has 2 heterocycles. The molecule has 1 saturated carbocycles. The predicted octanol–water partition coefficient (Wildman–Crippen LogP) is 5.58. The van der Waals surface area contributed by atoms with E-state index in [0.717, 1.165) is 49.3 Å². The summed E-state index contributed by atoms with van der Waals surface area (Å²) in [5.74, 6) is 0.594. The number of unbranched alkanes of at least 4 members (excludes halogenated alkanes) is 1. The van der Waals surface area contributed by atoms with Gasteiger partial charge in [-0.3, -0.25) is 9.78 Å². The number of carboxylic acids is 1. The number of carbonyl (C=O) groups excluding carboxylic acids is 1. The van der Waals surface area contributed by atoms with Crippen molar-refractivity contribution in [3.8, 4) is 11.1 Å². The molecule has 7 heteroatoms. The Morgan fingerprint density at radius 3 is 2.59 bits per heavy atom. The fourth-order valence-corrected chi connectivity index (χ4v) is 4.63. The second-order valence-corrected chi connectivity index (χ2v) is 9.13. The van der Waals surface area contributed by atoms with E-state index in [4.69, 9.17) is 0 Å². The predicted molar refractivity (Wildman–Crippen MR) is 130 cm³/mol. The number of aromatic carboxylic acids is 1. The Balaban J connectivity index is 1.52. The lowest BCUT2D eigenvalue weighted by Gasteiger charge is -2.19. The van der Waals surface area contributed by atoms with Crippen molar-refractivity contribution in [1.82, 2.24) is 19.7 Å². The van der Waals surface area contributed by atoms with Crippen LogP contribution < -0.4 is 0 Å². The van der Waals surface area contributed by atoms with E-state index in [1.165, 1.54) is 19.3 Å². The molecule has 1 N–H and O–H groups in total. The van der Waals surface area contributed by atoms with Crippen LogP contribution in [0.5, 0.6) is 0 Å². The third-order valence-corrected chi connectivity index (χ3v) is 6.55. The van der Waals surface area contributed by atoms with Gasteiger partial charge in [-0.2, -0.15) is 0 Å². The normalized spacial score (nSPS) is 14.3. The number of aryl methyl sites for hydroxylation is 1. The van der Waals surface area contributed by atoms with Gasteiger partial charge in [0.2, 0.25) is 11.6 Å². The topological polar surface area (TPSA) is 98.0 Å². The molecule has 0 aliphatic heterocycles. The molecule has 4 rings (SSSR count). The Kier molecular flexibility index (Phi) is 7.83. The highest BCUT2D eigenvalue weighted by Gasteiger charge is 2.22. The molecule has 34 heavy (non-hydrogen) atoms. The summed E-state index contributed by atoms with van der Waals surface area (Å²) in [6.07, 6.45) is 10.6. The van der Waals surface area contributed by atoms with Crippen molar-refractivity contribution in [2.24, 2.45) is 5.92 Å². The molecule has 0 radical (unpaired) electrons. The van der Waals surface area contributed by atoms with Crippen molar-refractivity contribution in [2.75, 3.05) is 0 Å². The van der Waals surface area contributed by atoms with Gasteiger partial charge >= 0.3 is 5.97 Å². The zero-order valence-corrected chi connectivity index (χ0v) is 19.7. The molecule has 0 saturated heterocycles. The van der Waals surface area contributed by atoms with E-state index in [2.05, 4.69) is 22.0 Å². The van der Waals surface area contributed by atoms with Crippen LogP contribution >= 0.6 is 0 Å². The van der Waals surface area contributed by atoms with Crippen molar-refractivity contribution in [2.45, 2.75) is 71.3 Å². The molecule has 0 atom stereocenters. The SMILES string of the molecule is CCCCn1nc(C(=O)CC2CCCCC2)nc1Cc1ccc(-c2ccccc2C(=O)O)cn1. The fourth-order valence-electron chi connectivity index (χ4n) is 4.63. The van der Waals surface area contributed by atoms with E-state index in [9.17, 15) is 14.7 Å². The number of carbonyl (C=O) groups is 2. The van der Waals surface area contributed by atoms with Crippen molar-refractivity contribution in [3.05, 3.63) is 65.5 Å². The third-order valence-electron chi connectivity index (χ3n) is 6.55. The summed E-state index contributed by atoms with van der Waals surface area (Å²) >= 11 is 0. The summed E-state index contributed by atoms with van der Waals surface area (Å²) in [5.41, 5.74) is 2.43. The lowest BCUT2D eigenvalue weighted by atomic mass is 9.86. The van der Waals surface area contributed by atoms with Gasteiger partial charge in [0.05, 0.1) is 5.56 Å². The van der Waals surface area contributed by atoms with Gasteiger partial charge in [0, 0.05) is 36.8 Å². The van der Waals surface area contributed by atoms with E-state index >= 15 is 0 Å². The number of aromatic nitrogens is 4. The monoisotopic (exact) mass is 460 g/mol. The number of pyridine rings is 1. The number of hydrogen-bond donors (Lipinski definition) is 1. The van der Waals surface area contributed by atoms with E-state index in [1.54, 1.807) is 24.4 Å². The van der Waals surface area contributed by atoms with Crippen LogP contribution in [0.1, 0.15) is 90.8 Å². The molecule has 178 valence electrons. The minimum Gasteiger partial charge on any atom is -0.478 e. The Morgan fingerprint density at radius 2 is 1.88 bits per heavy atom. The summed E-state index contributed by atoms with van der Waals surface area (Å²) < 4.78 is 1.85. The number of rotatable bonds is 10. The molecule has 1 aromatic carbocycles. The van der Waals surface area contributed by atoms with Crippen LogP contribution in [0.3, 0.4) is 0 Å². The van der Waals surface area contributed by atoms with Crippen LogP contribution in [-0.2, 0) is 13.0 Å². The molecule has 7 nitrogen and oxygen atoms in total. The zero-order valence-electron chi connectivity index (χ0n) is 19.7. The lowest BCUT2D eigenvalue weighted by molar-refractivity contribution is 0.0697. The minimum absolute atomic E-state index is 0.0389. The first kappa shape index (κ1) is 23.8. The summed E-state index contributed by atoms with van der Waals surface area (Å²) in [5, 5.41) is 14.0. The molecule has 0 bridgehead atoms. The number of ketones is 1. The molecule has 1 aliphatic carbocycles. The summed E-state index contributed by atoms with van der Waals surface area (Å²) in [6, 6.07) is 10.7. The number of Topliss-reactive ketones (excluding diaryl/α,β-unsaturated/α-hetero) is 1. The Labute approximate surface area is 200 Å². The van der Waals surface area contributed by atoms with Gasteiger partial charge < -0.3 is 5.11 Å². The van der Waals surface area contributed by atoms with Gasteiger partial charge in [0.15, 0.2) is 0 Å². The van der Waals surface area contributed by atoms with Crippen LogP contribution in [0.2, 0.25) is 0 Å². The van der Waals surface area contributed by atoms with Gasteiger partial charge in [0.25, 0.3) is 0 Å². The zero-order chi connectivity index (χ0) is 23.9. The largest absolute Gasteiger partial charge is 0.478 e. The molecule has 1 fully saturated rings. The Morgan fingerprint density at radius 1 is 1.09 bits per heavy atom. The first-order valence-electron chi connectivity index (χ1n) is 12.3. The van der Waals surface area contributed by atoms with Crippen LogP contribution in [0, 0.1) is 5.92 Å². The van der Waals surface area contributed by atoms with Crippen LogP contribution in [0.4, 0.5) is 0 Å². The van der Waals surface area contributed by atoms with Gasteiger partial charge in [-0.05, 0) is 30.0 Å².